The summed E-state index contributed by atoms with van der Waals surface area (Å²) in [5.41, 5.74) is 1.03. The molecule has 1 rings (SSSR count). The standard InChI is InChI=1S/C11H13NO2/c1-10(12(9-14)7-8-13)11-5-3-2-4-6-11/h2-6,8-10H,7H2,1H3. The van der Waals surface area contributed by atoms with Crippen molar-refractivity contribution < 1.29 is 9.59 Å². The van der Waals surface area contributed by atoms with Crippen LogP contribution in [-0.4, -0.2) is 24.1 Å². The number of nitrogens with zero attached hydrogens (tertiary/aromatic N) is 1. The number of benzene rings is 1. The summed E-state index contributed by atoms with van der Waals surface area (Å²) in [5.74, 6) is 0. The number of aldehydes is 1. The van der Waals surface area contributed by atoms with Crippen molar-refractivity contribution in [1.29, 1.82) is 0 Å². The molecule has 14 heavy (non-hydrogen) atoms. The van der Waals surface area contributed by atoms with Crippen LogP contribution in [0.5, 0.6) is 0 Å². The number of carbonyl (C=O) groups is 2. The van der Waals surface area contributed by atoms with Crippen LogP contribution in [-0.2, 0) is 9.59 Å². The highest BCUT2D eigenvalue weighted by molar-refractivity contribution is 5.60. The van der Waals surface area contributed by atoms with Crippen molar-refractivity contribution in [3.05, 3.63) is 35.9 Å². The van der Waals surface area contributed by atoms with Crippen LogP contribution >= 0.6 is 0 Å². The van der Waals surface area contributed by atoms with Crippen LogP contribution in [0.15, 0.2) is 30.3 Å². The lowest BCUT2D eigenvalue weighted by Crippen LogP contribution is -2.27. The van der Waals surface area contributed by atoms with Gasteiger partial charge in [-0.2, -0.15) is 0 Å². The summed E-state index contributed by atoms with van der Waals surface area (Å²) >= 11 is 0. The average molecular weight is 191 g/mol. The number of amides is 1. The molecule has 0 fully saturated rings. The van der Waals surface area contributed by atoms with Crippen LogP contribution in [0.3, 0.4) is 0 Å². The van der Waals surface area contributed by atoms with E-state index in [1.54, 1.807) is 0 Å². The van der Waals surface area contributed by atoms with Crippen molar-refractivity contribution in [3.8, 4) is 0 Å². The molecule has 3 nitrogen and oxygen atoms in total. The van der Waals surface area contributed by atoms with Gasteiger partial charge in [-0.1, -0.05) is 30.3 Å². The van der Waals surface area contributed by atoms with E-state index in [1.807, 2.05) is 37.3 Å². The summed E-state index contributed by atoms with van der Waals surface area (Å²) in [5, 5.41) is 0. The van der Waals surface area contributed by atoms with Gasteiger partial charge in [-0.15, -0.1) is 0 Å². The monoisotopic (exact) mass is 191 g/mol. The van der Waals surface area contributed by atoms with Gasteiger partial charge in [0.2, 0.25) is 6.41 Å². The van der Waals surface area contributed by atoms with E-state index >= 15 is 0 Å². The molecule has 3 heteroatoms. The molecule has 0 bridgehead atoms. The van der Waals surface area contributed by atoms with E-state index in [0.29, 0.717) is 6.41 Å². The zero-order chi connectivity index (χ0) is 10.4. The van der Waals surface area contributed by atoms with Crippen LogP contribution in [0.25, 0.3) is 0 Å². The molecule has 74 valence electrons. The molecule has 0 N–H and O–H groups in total. The molecule has 0 aliphatic heterocycles. The Kier molecular flexibility index (Phi) is 3.85. The van der Waals surface area contributed by atoms with E-state index in [9.17, 15) is 9.59 Å². The highest BCUT2D eigenvalue weighted by Crippen LogP contribution is 2.17. The second-order valence-corrected chi connectivity index (χ2v) is 3.06. The third kappa shape index (κ3) is 2.42. The second kappa shape index (κ2) is 5.17. The zero-order valence-electron chi connectivity index (χ0n) is 8.09. The van der Waals surface area contributed by atoms with Gasteiger partial charge in [0, 0.05) is 0 Å². The number of carbonyl (C=O) groups excluding carboxylic acids is 2. The Labute approximate surface area is 83.3 Å². The fourth-order valence-corrected chi connectivity index (χ4v) is 1.30. The van der Waals surface area contributed by atoms with Crippen molar-refractivity contribution in [2.24, 2.45) is 0 Å². The average Bonchev–Trinajstić information content (AvgIpc) is 2.26. The van der Waals surface area contributed by atoms with Crippen molar-refractivity contribution >= 4 is 12.7 Å². The molecular formula is C11H13NO2. The molecule has 0 aliphatic rings. The predicted molar refractivity (Wildman–Crippen MR) is 53.7 cm³/mol. The maximum Gasteiger partial charge on any atom is 0.210 e. The Morgan fingerprint density at radius 3 is 2.43 bits per heavy atom. The first-order valence-corrected chi connectivity index (χ1v) is 4.49. The molecule has 0 aromatic heterocycles. The zero-order valence-corrected chi connectivity index (χ0v) is 8.09. The van der Waals surface area contributed by atoms with E-state index in [4.69, 9.17) is 0 Å². The topological polar surface area (TPSA) is 37.4 Å². The van der Waals surface area contributed by atoms with Gasteiger partial charge < -0.3 is 9.69 Å². The van der Waals surface area contributed by atoms with Gasteiger partial charge in [0.1, 0.15) is 6.29 Å². The molecule has 1 unspecified atom stereocenters. The van der Waals surface area contributed by atoms with E-state index < -0.39 is 0 Å². The Hall–Kier alpha value is -1.64. The van der Waals surface area contributed by atoms with Gasteiger partial charge in [-0.05, 0) is 12.5 Å². The summed E-state index contributed by atoms with van der Waals surface area (Å²) in [6.07, 6.45) is 1.43. The summed E-state index contributed by atoms with van der Waals surface area (Å²) < 4.78 is 0. The molecule has 1 aromatic carbocycles. The second-order valence-electron chi connectivity index (χ2n) is 3.06. The summed E-state index contributed by atoms with van der Waals surface area (Å²) in [7, 11) is 0. The lowest BCUT2D eigenvalue weighted by Gasteiger charge is -2.22. The molecular weight excluding hydrogens is 178 g/mol. The predicted octanol–water partition coefficient (Wildman–Crippen LogP) is 1.40. The Morgan fingerprint density at radius 2 is 1.93 bits per heavy atom. The molecule has 1 atom stereocenters. The van der Waals surface area contributed by atoms with Crippen LogP contribution in [0.1, 0.15) is 18.5 Å². The Bertz CT molecular complexity index is 297. The van der Waals surface area contributed by atoms with E-state index in [1.165, 1.54) is 4.90 Å². The normalized spacial score (nSPS) is 11.8. The maximum absolute atomic E-state index is 10.7. The van der Waals surface area contributed by atoms with Crippen molar-refractivity contribution in [3.63, 3.8) is 0 Å². The van der Waals surface area contributed by atoms with Gasteiger partial charge in [-0.25, -0.2) is 0 Å². The largest absolute Gasteiger partial charge is 0.331 e. The minimum Gasteiger partial charge on any atom is -0.331 e. The van der Waals surface area contributed by atoms with E-state index in [2.05, 4.69) is 0 Å². The van der Waals surface area contributed by atoms with Crippen molar-refractivity contribution in [2.75, 3.05) is 6.54 Å². The molecule has 0 heterocycles. The van der Waals surface area contributed by atoms with E-state index in [-0.39, 0.29) is 12.6 Å². The molecule has 0 saturated carbocycles. The van der Waals surface area contributed by atoms with Gasteiger partial charge in [-0.3, -0.25) is 4.79 Å². The lowest BCUT2D eigenvalue weighted by molar-refractivity contribution is -0.123. The molecule has 0 spiro atoms. The van der Waals surface area contributed by atoms with Gasteiger partial charge >= 0.3 is 0 Å². The third-order valence-electron chi connectivity index (χ3n) is 2.20. The molecule has 1 amide bonds. The van der Waals surface area contributed by atoms with Gasteiger partial charge in [0.05, 0.1) is 12.6 Å². The fraction of sp³-hybridized carbons (Fsp3) is 0.273. The Balaban J connectivity index is 2.77. The minimum absolute atomic E-state index is 0.0566. The van der Waals surface area contributed by atoms with Gasteiger partial charge in [0.25, 0.3) is 0 Å². The molecule has 0 aliphatic carbocycles. The van der Waals surface area contributed by atoms with Crippen LogP contribution in [0.2, 0.25) is 0 Å². The van der Waals surface area contributed by atoms with Crippen LogP contribution in [0.4, 0.5) is 0 Å². The highest BCUT2D eigenvalue weighted by Gasteiger charge is 2.12. The summed E-state index contributed by atoms with van der Waals surface area (Å²) in [6, 6.07) is 9.56. The molecule has 0 saturated heterocycles. The highest BCUT2D eigenvalue weighted by atomic mass is 16.1. The minimum atomic E-state index is -0.0566. The maximum atomic E-state index is 10.7. The van der Waals surface area contributed by atoms with Gasteiger partial charge in [0.15, 0.2) is 0 Å². The number of rotatable bonds is 5. The molecule has 1 aromatic rings. The van der Waals surface area contributed by atoms with E-state index in [0.717, 1.165) is 11.8 Å². The smallest absolute Gasteiger partial charge is 0.210 e. The first-order valence-electron chi connectivity index (χ1n) is 4.49. The van der Waals surface area contributed by atoms with Crippen molar-refractivity contribution in [2.45, 2.75) is 13.0 Å². The summed E-state index contributed by atoms with van der Waals surface area (Å²) in [4.78, 5) is 22.4. The number of hydrogen-bond acceptors (Lipinski definition) is 2. The SMILES string of the molecule is CC(c1ccccc1)N(C=O)CC=O. The third-order valence-corrected chi connectivity index (χ3v) is 2.20. The van der Waals surface area contributed by atoms with Crippen LogP contribution in [0, 0.1) is 0 Å². The fourth-order valence-electron chi connectivity index (χ4n) is 1.30. The van der Waals surface area contributed by atoms with Crippen molar-refractivity contribution in [1.82, 2.24) is 4.90 Å². The quantitative estimate of drug-likeness (QED) is 0.660. The first-order chi connectivity index (χ1) is 6.79. The Morgan fingerprint density at radius 1 is 1.29 bits per heavy atom. The summed E-state index contributed by atoms with van der Waals surface area (Å²) in [6.45, 7) is 2.03. The molecule has 0 radical (unpaired) electrons. The number of hydrogen-bond donors (Lipinski definition) is 0. The first kappa shape index (κ1) is 10.4. The lowest BCUT2D eigenvalue weighted by atomic mass is 10.1. The van der Waals surface area contributed by atoms with Crippen LogP contribution < -0.4 is 0 Å².